The van der Waals surface area contributed by atoms with E-state index in [1.165, 1.54) is 18.3 Å². The maximum absolute atomic E-state index is 12.8. The summed E-state index contributed by atoms with van der Waals surface area (Å²) in [5.74, 6) is -0.892. The van der Waals surface area contributed by atoms with E-state index in [0.717, 1.165) is 0 Å². The van der Waals surface area contributed by atoms with Gasteiger partial charge in [-0.25, -0.2) is 10.4 Å². The van der Waals surface area contributed by atoms with Gasteiger partial charge in [0.25, 0.3) is 5.91 Å². The van der Waals surface area contributed by atoms with Crippen LogP contribution in [0.4, 0.5) is 0 Å². The summed E-state index contributed by atoms with van der Waals surface area (Å²) in [6, 6.07) is 18.8. The SMILES string of the molecule is O=C(N/N=C\c1ccc(O)c(O)c1)c1cc(-c2ccccn2)nc2ccccc12. The van der Waals surface area contributed by atoms with Crippen molar-refractivity contribution in [3.63, 3.8) is 0 Å². The summed E-state index contributed by atoms with van der Waals surface area (Å²) < 4.78 is 0. The summed E-state index contributed by atoms with van der Waals surface area (Å²) in [6.45, 7) is 0. The molecule has 0 aliphatic heterocycles. The van der Waals surface area contributed by atoms with Gasteiger partial charge in [-0.05, 0) is 48.0 Å². The number of phenols is 2. The van der Waals surface area contributed by atoms with Crippen molar-refractivity contribution in [3.05, 3.63) is 84.1 Å². The van der Waals surface area contributed by atoms with Crippen LogP contribution in [-0.4, -0.2) is 32.3 Å². The number of benzene rings is 2. The topological polar surface area (TPSA) is 108 Å². The van der Waals surface area contributed by atoms with Crippen LogP contribution in [0.3, 0.4) is 0 Å². The van der Waals surface area contributed by atoms with Gasteiger partial charge in [0, 0.05) is 11.6 Å². The van der Waals surface area contributed by atoms with E-state index in [9.17, 15) is 15.0 Å². The number of phenolic OH excluding ortho intramolecular Hbond substituents is 2. The number of hydrogen-bond donors (Lipinski definition) is 3. The second kappa shape index (κ2) is 7.77. The molecule has 0 fully saturated rings. The first-order valence-electron chi connectivity index (χ1n) is 8.78. The van der Waals surface area contributed by atoms with E-state index in [1.807, 2.05) is 42.5 Å². The van der Waals surface area contributed by atoms with E-state index in [4.69, 9.17) is 0 Å². The normalized spacial score (nSPS) is 11.0. The predicted molar refractivity (Wildman–Crippen MR) is 110 cm³/mol. The minimum atomic E-state index is -0.403. The standard InChI is InChI=1S/C22H16N4O3/c27-20-9-8-14(11-21(20)28)13-24-26-22(29)16-12-19(18-7-3-4-10-23-18)25-17-6-2-1-5-15(16)17/h1-13,27-28H,(H,26,29)/b24-13-. The lowest BCUT2D eigenvalue weighted by Crippen LogP contribution is -2.18. The van der Waals surface area contributed by atoms with Crippen LogP contribution in [-0.2, 0) is 0 Å². The monoisotopic (exact) mass is 384 g/mol. The van der Waals surface area contributed by atoms with E-state index in [0.29, 0.717) is 33.4 Å². The summed E-state index contributed by atoms with van der Waals surface area (Å²) in [4.78, 5) is 21.7. The van der Waals surface area contributed by atoms with Gasteiger partial charge in [-0.3, -0.25) is 9.78 Å². The Bertz CT molecular complexity index is 1220. The molecular weight excluding hydrogens is 368 g/mol. The van der Waals surface area contributed by atoms with Gasteiger partial charge in [-0.1, -0.05) is 24.3 Å². The molecule has 7 nitrogen and oxygen atoms in total. The molecule has 4 aromatic rings. The third-order valence-corrected chi connectivity index (χ3v) is 4.27. The van der Waals surface area contributed by atoms with Crippen molar-refractivity contribution in [3.8, 4) is 22.9 Å². The van der Waals surface area contributed by atoms with Crippen LogP contribution in [0.5, 0.6) is 11.5 Å². The van der Waals surface area contributed by atoms with Crippen molar-refractivity contribution in [1.82, 2.24) is 15.4 Å². The number of carbonyl (C=O) groups excluding carboxylic acids is 1. The molecule has 0 saturated carbocycles. The molecule has 2 heterocycles. The minimum Gasteiger partial charge on any atom is -0.504 e. The van der Waals surface area contributed by atoms with Crippen LogP contribution in [0.1, 0.15) is 15.9 Å². The highest BCUT2D eigenvalue weighted by molar-refractivity contribution is 6.07. The predicted octanol–water partition coefficient (Wildman–Crippen LogP) is 3.47. The second-order valence-electron chi connectivity index (χ2n) is 6.23. The molecule has 29 heavy (non-hydrogen) atoms. The summed E-state index contributed by atoms with van der Waals surface area (Å²) in [5.41, 5.74) is 5.35. The number of amides is 1. The quantitative estimate of drug-likeness (QED) is 0.284. The average molecular weight is 384 g/mol. The molecule has 0 aliphatic carbocycles. The van der Waals surface area contributed by atoms with E-state index >= 15 is 0 Å². The molecule has 142 valence electrons. The van der Waals surface area contributed by atoms with Crippen LogP contribution in [0.15, 0.2) is 78.0 Å². The van der Waals surface area contributed by atoms with Gasteiger partial charge in [-0.2, -0.15) is 5.10 Å². The molecule has 2 aromatic heterocycles. The number of aromatic nitrogens is 2. The van der Waals surface area contributed by atoms with Gasteiger partial charge >= 0.3 is 0 Å². The van der Waals surface area contributed by atoms with Gasteiger partial charge in [-0.15, -0.1) is 0 Å². The summed E-state index contributed by atoms with van der Waals surface area (Å²) in [6.07, 6.45) is 3.05. The Morgan fingerprint density at radius 2 is 1.76 bits per heavy atom. The number of hydrazone groups is 1. The third kappa shape index (κ3) is 3.89. The van der Waals surface area contributed by atoms with Gasteiger partial charge in [0.1, 0.15) is 0 Å². The highest BCUT2D eigenvalue weighted by Gasteiger charge is 2.14. The van der Waals surface area contributed by atoms with Crippen LogP contribution in [0.25, 0.3) is 22.3 Å². The molecule has 0 bridgehead atoms. The Morgan fingerprint density at radius 3 is 2.55 bits per heavy atom. The highest BCUT2D eigenvalue weighted by Crippen LogP contribution is 2.25. The first-order valence-corrected chi connectivity index (χ1v) is 8.78. The zero-order valence-electron chi connectivity index (χ0n) is 15.1. The second-order valence-corrected chi connectivity index (χ2v) is 6.23. The molecule has 7 heteroatoms. The number of rotatable bonds is 4. The number of nitrogens with one attached hydrogen (secondary N) is 1. The number of para-hydroxylation sites is 1. The number of fused-ring (bicyclic) bond motifs is 1. The number of pyridine rings is 2. The first-order chi connectivity index (χ1) is 14.1. The summed E-state index contributed by atoms with van der Waals surface area (Å²) in [7, 11) is 0. The van der Waals surface area contributed by atoms with E-state index < -0.39 is 5.91 Å². The molecule has 0 radical (unpaired) electrons. The van der Waals surface area contributed by atoms with Crippen LogP contribution < -0.4 is 5.43 Å². The molecule has 0 spiro atoms. The van der Waals surface area contributed by atoms with Gasteiger partial charge in [0.05, 0.1) is 28.7 Å². The number of carbonyl (C=O) groups is 1. The Morgan fingerprint density at radius 1 is 0.931 bits per heavy atom. The van der Waals surface area contributed by atoms with Crippen molar-refractivity contribution in [1.29, 1.82) is 0 Å². The lowest BCUT2D eigenvalue weighted by molar-refractivity contribution is 0.0956. The van der Waals surface area contributed by atoms with Crippen molar-refractivity contribution in [2.75, 3.05) is 0 Å². The third-order valence-electron chi connectivity index (χ3n) is 4.27. The zero-order valence-corrected chi connectivity index (χ0v) is 15.1. The van der Waals surface area contributed by atoms with Gasteiger partial charge in [0.2, 0.25) is 0 Å². The van der Waals surface area contributed by atoms with Gasteiger partial charge in [0.15, 0.2) is 11.5 Å². The minimum absolute atomic E-state index is 0.225. The van der Waals surface area contributed by atoms with Crippen molar-refractivity contribution < 1.29 is 15.0 Å². The fraction of sp³-hybridized carbons (Fsp3) is 0. The van der Waals surface area contributed by atoms with Crippen molar-refractivity contribution in [2.45, 2.75) is 0 Å². The summed E-state index contributed by atoms with van der Waals surface area (Å²) >= 11 is 0. The molecule has 0 saturated heterocycles. The van der Waals surface area contributed by atoms with Gasteiger partial charge < -0.3 is 10.2 Å². The molecule has 3 N–H and O–H groups in total. The van der Waals surface area contributed by atoms with Crippen LogP contribution in [0, 0.1) is 0 Å². The Hall–Kier alpha value is -4.26. The van der Waals surface area contributed by atoms with E-state index in [2.05, 4.69) is 20.5 Å². The van der Waals surface area contributed by atoms with E-state index in [1.54, 1.807) is 18.3 Å². The number of nitrogens with zero attached hydrogens (tertiary/aromatic N) is 3. The Kier molecular flexibility index (Phi) is 4.86. The van der Waals surface area contributed by atoms with Crippen LogP contribution in [0.2, 0.25) is 0 Å². The lowest BCUT2D eigenvalue weighted by Gasteiger charge is -2.08. The molecule has 2 aromatic carbocycles. The van der Waals surface area contributed by atoms with Crippen LogP contribution >= 0.6 is 0 Å². The lowest BCUT2D eigenvalue weighted by atomic mass is 10.1. The zero-order chi connectivity index (χ0) is 20.2. The highest BCUT2D eigenvalue weighted by atomic mass is 16.3. The number of hydrogen-bond acceptors (Lipinski definition) is 6. The molecule has 0 unspecified atom stereocenters. The van der Waals surface area contributed by atoms with Crippen molar-refractivity contribution in [2.24, 2.45) is 5.10 Å². The molecule has 1 amide bonds. The molecule has 0 atom stereocenters. The first kappa shape index (κ1) is 18.1. The average Bonchev–Trinajstić information content (AvgIpc) is 2.76. The summed E-state index contributed by atoms with van der Waals surface area (Å²) in [5, 5.41) is 23.5. The van der Waals surface area contributed by atoms with E-state index in [-0.39, 0.29) is 11.5 Å². The molecule has 0 aliphatic rings. The smallest absolute Gasteiger partial charge is 0.272 e. The molecular formula is C22H16N4O3. The van der Waals surface area contributed by atoms with Crippen molar-refractivity contribution >= 4 is 23.0 Å². The maximum Gasteiger partial charge on any atom is 0.272 e. The fourth-order valence-corrected chi connectivity index (χ4v) is 2.86. The Labute approximate surface area is 166 Å². The Balaban J connectivity index is 1.66. The largest absolute Gasteiger partial charge is 0.504 e. The number of aromatic hydroxyl groups is 2. The molecule has 4 rings (SSSR count). The fourth-order valence-electron chi connectivity index (χ4n) is 2.86. The maximum atomic E-state index is 12.8.